The molecule has 2 saturated heterocycles. The van der Waals surface area contributed by atoms with E-state index in [1.165, 1.54) is 16.7 Å². The van der Waals surface area contributed by atoms with Gasteiger partial charge in [0.25, 0.3) is 0 Å². The van der Waals surface area contributed by atoms with Crippen molar-refractivity contribution < 1.29 is 4.79 Å². The van der Waals surface area contributed by atoms with Crippen LogP contribution in [0.25, 0.3) is 11.6 Å². The van der Waals surface area contributed by atoms with Crippen LogP contribution in [0.3, 0.4) is 0 Å². The quantitative estimate of drug-likeness (QED) is 0.659. The smallest absolute Gasteiger partial charge is 0.239 e. The Morgan fingerprint density at radius 3 is 2.62 bits per heavy atom. The first kappa shape index (κ1) is 16.3. The van der Waals surface area contributed by atoms with Crippen LogP contribution in [0.5, 0.6) is 0 Å². The monoisotopic (exact) mass is 408 g/mol. The van der Waals surface area contributed by atoms with Crippen LogP contribution in [0.15, 0.2) is 53.0 Å². The van der Waals surface area contributed by atoms with Crippen molar-refractivity contribution in [1.82, 2.24) is 10.0 Å². The van der Waals surface area contributed by atoms with Gasteiger partial charge in [-0.15, -0.1) is 0 Å². The summed E-state index contributed by atoms with van der Waals surface area (Å²) in [6.45, 7) is 4.37. The van der Waals surface area contributed by atoms with Crippen LogP contribution in [-0.4, -0.2) is 27.5 Å². The molecule has 2 atom stereocenters. The number of rotatable bonds is 1. The maximum absolute atomic E-state index is 12.9. The van der Waals surface area contributed by atoms with Gasteiger partial charge in [0.15, 0.2) is 0 Å². The SMILES string of the molecule is CC1(C)CC(=O)N2C3C[C@H](c4ccccc4/C3=C/c3ccccc3Br)N21. The van der Waals surface area contributed by atoms with Gasteiger partial charge in [0.1, 0.15) is 0 Å². The zero-order chi connectivity index (χ0) is 18.1. The molecule has 0 spiro atoms. The fourth-order valence-electron chi connectivity index (χ4n) is 4.93. The minimum Gasteiger partial charge on any atom is -0.273 e. The molecule has 3 nitrogen and oxygen atoms in total. The Bertz CT molecular complexity index is 949. The Balaban J connectivity index is 1.73. The molecular formula is C22H21BrN2O. The van der Waals surface area contributed by atoms with Crippen LogP contribution < -0.4 is 0 Å². The topological polar surface area (TPSA) is 23.6 Å². The molecule has 3 aliphatic heterocycles. The van der Waals surface area contributed by atoms with Gasteiger partial charge in [0.05, 0.1) is 12.1 Å². The number of halogens is 1. The Hall–Kier alpha value is -1.91. The normalized spacial score (nSPS) is 27.7. The lowest BCUT2D eigenvalue weighted by molar-refractivity contribution is -0.138. The van der Waals surface area contributed by atoms with Gasteiger partial charge in [-0.2, -0.15) is 0 Å². The van der Waals surface area contributed by atoms with Crippen LogP contribution >= 0.6 is 15.9 Å². The molecule has 1 amide bonds. The van der Waals surface area contributed by atoms with Crippen molar-refractivity contribution in [3.8, 4) is 0 Å². The van der Waals surface area contributed by atoms with Gasteiger partial charge in [0.2, 0.25) is 5.91 Å². The third-order valence-corrected chi connectivity index (χ3v) is 6.66. The summed E-state index contributed by atoms with van der Waals surface area (Å²) in [4.78, 5) is 12.9. The lowest BCUT2D eigenvalue weighted by Crippen LogP contribution is -2.44. The van der Waals surface area contributed by atoms with Crippen molar-refractivity contribution in [2.75, 3.05) is 0 Å². The summed E-state index contributed by atoms with van der Waals surface area (Å²) in [6, 6.07) is 17.3. The average molecular weight is 409 g/mol. The lowest BCUT2D eigenvalue weighted by Gasteiger charge is -2.35. The summed E-state index contributed by atoms with van der Waals surface area (Å²) in [6.07, 6.45) is 3.82. The molecular weight excluding hydrogens is 388 g/mol. The van der Waals surface area contributed by atoms with Crippen molar-refractivity contribution >= 4 is 33.5 Å². The summed E-state index contributed by atoms with van der Waals surface area (Å²) in [5, 5.41) is 4.40. The molecule has 3 heterocycles. The number of fused-ring (bicyclic) bond motifs is 2. The second-order valence-electron chi connectivity index (χ2n) is 8.05. The number of hydrazine groups is 1. The number of amides is 1. The number of benzene rings is 2. The number of nitrogens with zero attached hydrogens (tertiary/aromatic N) is 2. The van der Waals surface area contributed by atoms with E-state index >= 15 is 0 Å². The largest absolute Gasteiger partial charge is 0.273 e. The summed E-state index contributed by atoms with van der Waals surface area (Å²) < 4.78 is 1.08. The number of carbonyl (C=O) groups excluding carboxylic acids is 1. The summed E-state index contributed by atoms with van der Waals surface area (Å²) in [5.41, 5.74) is 4.89. The van der Waals surface area contributed by atoms with Gasteiger partial charge >= 0.3 is 0 Å². The van der Waals surface area contributed by atoms with Gasteiger partial charge in [-0.25, -0.2) is 5.01 Å². The highest BCUT2D eigenvalue weighted by atomic mass is 79.9. The van der Waals surface area contributed by atoms with E-state index in [2.05, 4.69) is 83.3 Å². The molecule has 0 aromatic heterocycles. The molecule has 5 rings (SSSR count). The summed E-state index contributed by atoms with van der Waals surface area (Å²) in [5.74, 6) is 0.244. The van der Waals surface area contributed by atoms with E-state index < -0.39 is 0 Å². The van der Waals surface area contributed by atoms with Gasteiger partial charge in [0, 0.05) is 16.4 Å². The van der Waals surface area contributed by atoms with Crippen molar-refractivity contribution in [2.45, 2.75) is 44.3 Å². The van der Waals surface area contributed by atoms with Crippen LogP contribution in [0, 0.1) is 0 Å². The Morgan fingerprint density at radius 2 is 1.81 bits per heavy atom. The molecule has 1 unspecified atom stereocenters. The lowest BCUT2D eigenvalue weighted by atomic mass is 9.80. The fourth-order valence-corrected chi connectivity index (χ4v) is 5.33. The Kier molecular flexibility index (Phi) is 3.47. The molecule has 2 fully saturated rings. The van der Waals surface area contributed by atoms with E-state index in [0.717, 1.165) is 16.5 Å². The van der Waals surface area contributed by atoms with Gasteiger partial charge in [-0.1, -0.05) is 58.4 Å². The van der Waals surface area contributed by atoms with Crippen molar-refractivity contribution in [3.63, 3.8) is 0 Å². The van der Waals surface area contributed by atoms with E-state index in [1.54, 1.807) is 0 Å². The van der Waals surface area contributed by atoms with Crippen LogP contribution in [0.1, 0.15) is 49.4 Å². The molecule has 0 saturated carbocycles. The molecule has 0 N–H and O–H groups in total. The summed E-state index contributed by atoms with van der Waals surface area (Å²) >= 11 is 3.67. The second-order valence-corrected chi connectivity index (χ2v) is 8.90. The first-order valence-electron chi connectivity index (χ1n) is 9.14. The van der Waals surface area contributed by atoms with Gasteiger partial charge in [-0.05, 0) is 54.7 Å². The second kappa shape index (κ2) is 5.54. The maximum Gasteiger partial charge on any atom is 0.239 e. The zero-order valence-electron chi connectivity index (χ0n) is 14.9. The van der Waals surface area contributed by atoms with Crippen molar-refractivity contribution in [3.05, 3.63) is 69.7 Å². The molecule has 132 valence electrons. The average Bonchev–Trinajstić information content (AvgIpc) is 3.08. The Morgan fingerprint density at radius 1 is 1.08 bits per heavy atom. The molecule has 2 aromatic rings. The fraction of sp³-hybridized carbons (Fsp3) is 0.318. The third kappa shape index (κ3) is 2.18. The van der Waals surface area contributed by atoms with Crippen molar-refractivity contribution in [1.29, 1.82) is 0 Å². The molecule has 4 heteroatoms. The molecule has 0 radical (unpaired) electrons. The van der Waals surface area contributed by atoms with Crippen LogP contribution in [0.2, 0.25) is 0 Å². The molecule has 26 heavy (non-hydrogen) atoms. The predicted molar refractivity (Wildman–Crippen MR) is 107 cm³/mol. The minimum absolute atomic E-state index is 0.122. The van der Waals surface area contributed by atoms with E-state index in [1.807, 2.05) is 11.1 Å². The van der Waals surface area contributed by atoms with E-state index in [-0.39, 0.29) is 23.5 Å². The van der Waals surface area contributed by atoms with E-state index in [4.69, 9.17) is 0 Å². The van der Waals surface area contributed by atoms with E-state index in [0.29, 0.717) is 6.42 Å². The maximum atomic E-state index is 12.9. The highest BCUT2D eigenvalue weighted by molar-refractivity contribution is 9.10. The molecule has 3 aliphatic rings. The highest BCUT2D eigenvalue weighted by Crippen LogP contribution is 2.55. The van der Waals surface area contributed by atoms with E-state index in [9.17, 15) is 4.79 Å². The summed E-state index contributed by atoms with van der Waals surface area (Å²) in [7, 11) is 0. The molecule has 2 aromatic carbocycles. The number of hydrogen-bond donors (Lipinski definition) is 0. The predicted octanol–water partition coefficient (Wildman–Crippen LogP) is 5.04. The number of hydrogen-bond acceptors (Lipinski definition) is 2. The third-order valence-electron chi connectivity index (χ3n) is 5.93. The number of carbonyl (C=O) groups is 1. The molecule has 0 aliphatic carbocycles. The van der Waals surface area contributed by atoms with Crippen LogP contribution in [-0.2, 0) is 4.79 Å². The highest BCUT2D eigenvalue weighted by Gasteiger charge is 2.58. The van der Waals surface area contributed by atoms with Gasteiger partial charge < -0.3 is 0 Å². The first-order valence-corrected chi connectivity index (χ1v) is 9.93. The Labute approximate surface area is 162 Å². The van der Waals surface area contributed by atoms with Gasteiger partial charge in [-0.3, -0.25) is 9.80 Å². The van der Waals surface area contributed by atoms with Crippen molar-refractivity contribution in [2.24, 2.45) is 0 Å². The molecule has 2 bridgehead atoms. The first-order chi connectivity index (χ1) is 12.5. The zero-order valence-corrected chi connectivity index (χ0v) is 16.5. The van der Waals surface area contributed by atoms with Crippen LogP contribution in [0.4, 0.5) is 0 Å². The standard InChI is InChI=1S/C22H21BrN2O/c1-22(2)13-21(26)24-19-12-20(25(22)24)16-9-5-4-8-15(16)17(19)11-14-7-3-6-10-18(14)23/h3-11,19-20H,12-13H2,1-2H3/b17-11-/t19?,20-/m1/s1. The minimum atomic E-state index is -0.133.